The highest BCUT2D eigenvalue weighted by Gasteiger charge is 2.42. The van der Waals surface area contributed by atoms with Gasteiger partial charge < -0.3 is 19.5 Å². The molecule has 0 aliphatic carbocycles. The Kier molecular flexibility index (Phi) is 5.95. The molecule has 1 saturated heterocycles. The van der Waals surface area contributed by atoms with Crippen LogP contribution in [0.4, 0.5) is 0 Å². The van der Waals surface area contributed by atoms with Crippen molar-refractivity contribution in [2.75, 3.05) is 32.9 Å². The fraction of sp³-hybridized carbons (Fsp3) is 0.857. The van der Waals surface area contributed by atoms with Crippen LogP contribution in [0.3, 0.4) is 0 Å². The molecule has 1 heterocycles. The highest BCUT2D eigenvalue weighted by Crippen LogP contribution is 2.29. The van der Waals surface area contributed by atoms with E-state index in [1.54, 1.807) is 11.8 Å². The number of ether oxygens (including phenoxy) is 2. The van der Waals surface area contributed by atoms with E-state index in [9.17, 15) is 9.59 Å². The van der Waals surface area contributed by atoms with E-state index in [4.69, 9.17) is 14.6 Å². The molecule has 2 unspecified atom stereocenters. The minimum atomic E-state index is -0.833. The van der Waals surface area contributed by atoms with Crippen molar-refractivity contribution >= 4 is 11.9 Å². The number of aliphatic hydroxyl groups is 1. The van der Waals surface area contributed by atoms with Crippen LogP contribution in [0.5, 0.6) is 0 Å². The molecule has 6 nitrogen and oxygen atoms in total. The SMILES string of the molecule is CCOC(=O)C(C(=O)N1CCOC(CO)C1)C(C)(C)C. The van der Waals surface area contributed by atoms with Crippen LogP contribution in [0.2, 0.25) is 0 Å². The predicted molar refractivity (Wildman–Crippen MR) is 73.0 cm³/mol. The van der Waals surface area contributed by atoms with Gasteiger partial charge in [0.05, 0.1) is 25.9 Å². The van der Waals surface area contributed by atoms with Crippen LogP contribution < -0.4 is 0 Å². The zero-order valence-corrected chi connectivity index (χ0v) is 12.7. The van der Waals surface area contributed by atoms with Crippen molar-refractivity contribution in [1.29, 1.82) is 0 Å². The van der Waals surface area contributed by atoms with Gasteiger partial charge in [-0.1, -0.05) is 20.8 Å². The first-order valence-corrected chi connectivity index (χ1v) is 6.99. The molecule has 6 heteroatoms. The van der Waals surface area contributed by atoms with Gasteiger partial charge in [0.2, 0.25) is 5.91 Å². The number of esters is 1. The summed E-state index contributed by atoms with van der Waals surface area (Å²) in [5, 5.41) is 9.13. The van der Waals surface area contributed by atoms with Gasteiger partial charge >= 0.3 is 5.97 Å². The molecular weight excluding hydrogens is 262 g/mol. The molecule has 1 aliphatic rings. The molecule has 1 amide bonds. The number of aliphatic hydroxyl groups excluding tert-OH is 1. The van der Waals surface area contributed by atoms with E-state index in [1.165, 1.54) is 0 Å². The molecular formula is C14H25NO5. The number of amides is 1. The second-order valence-electron chi connectivity index (χ2n) is 6.01. The zero-order valence-electron chi connectivity index (χ0n) is 12.7. The summed E-state index contributed by atoms with van der Waals surface area (Å²) in [6.45, 7) is 8.48. The maximum Gasteiger partial charge on any atom is 0.319 e. The minimum absolute atomic E-state index is 0.136. The summed E-state index contributed by atoms with van der Waals surface area (Å²) in [6.07, 6.45) is -0.379. The molecule has 2 atom stereocenters. The van der Waals surface area contributed by atoms with Crippen molar-refractivity contribution in [3.63, 3.8) is 0 Å². The van der Waals surface area contributed by atoms with E-state index in [0.29, 0.717) is 19.7 Å². The van der Waals surface area contributed by atoms with Gasteiger partial charge in [0.1, 0.15) is 5.92 Å². The van der Waals surface area contributed by atoms with Gasteiger partial charge in [-0.25, -0.2) is 0 Å². The lowest BCUT2D eigenvalue weighted by Gasteiger charge is -2.37. The van der Waals surface area contributed by atoms with Crippen LogP contribution in [-0.4, -0.2) is 60.9 Å². The van der Waals surface area contributed by atoms with Crippen LogP contribution in [0.15, 0.2) is 0 Å². The van der Waals surface area contributed by atoms with Gasteiger partial charge in [-0.15, -0.1) is 0 Å². The maximum atomic E-state index is 12.6. The number of hydrogen-bond acceptors (Lipinski definition) is 5. The standard InChI is InChI=1S/C14H25NO5/c1-5-19-13(18)11(14(2,3)4)12(17)15-6-7-20-10(8-15)9-16/h10-11,16H,5-9H2,1-4H3. The van der Waals surface area contributed by atoms with Crippen molar-refractivity contribution in [1.82, 2.24) is 4.90 Å². The summed E-state index contributed by atoms with van der Waals surface area (Å²) in [7, 11) is 0. The number of morpholine rings is 1. The third-order valence-corrected chi connectivity index (χ3v) is 3.29. The Bertz CT molecular complexity index is 350. The predicted octanol–water partition coefficient (Wildman–Crippen LogP) is 0.431. The Labute approximate surface area is 120 Å². The number of rotatable bonds is 4. The van der Waals surface area contributed by atoms with Crippen LogP contribution in [0.25, 0.3) is 0 Å². The molecule has 1 aliphatic heterocycles. The Morgan fingerprint density at radius 3 is 2.60 bits per heavy atom. The summed E-state index contributed by atoms with van der Waals surface area (Å²) >= 11 is 0. The molecule has 0 aromatic carbocycles. The maximum absolute atomic E-state index is 12.6. The van der Waals surface area contributed by atoms with Gasteiger partial charge in [-0.05, 0) is 12.3 Å². The average Bonchev–Trinajstić information content (AvgIpc) is 2.37. The van der Waals surface area contributed by atoms with Crippen LogP contribution in [0, 0.1) is 11.3 Å². The Balaban J connectivity index is 2.85. The lowest BCUT2D eigenvalue weighted by Crippen LogP contribution is -2.52. The average molecular weight is 287 g/mol. The molecule has 1 rings (SSSR count). The van der Waals surface area contributed by atoms with Crippen LogP contribution in [-0.2, 0) is 19.1 Å². The third kappa shape index (κ3) is 4.18. The topological polar surface area (TPSA) is 76.1 Å². The second kappa shape index (κ2) is 7.04. The van der Waals surface area contributed by atoms with E-state index in [2.05, 4.69) is 0 Å². The molecule has 1 fully saturated rings. The molecule has 0 spiro atoms. The summed E-state index contributed by atoms with van der Waals surface area (Å²) < 4.78 is 10.3. The summed E-state index contributed by atoms with van der Waals surface area (Å²) in [6, 6.07) is 0. The minimum Gasteiger partial charge on any atom is -0.465 e. The second-order valence-corrected chi connectivity index (χ2v) is 6.01. The van der Waals surface area contributed by atoms with Gasteiger partial charge in [0.15, 0.2) is 0 Å². The molecule has 0 aromatic heterocycles. The molecule has 0 radical (unpaired) electrons. The van der Waals surface area contributed by atoms with Gasteiger partial charge in [0, 0.05) is 13.1 Å². The molecule has 20 heavy (non-hydrogen) atoms. The molecule has 0 aromatic rings. The van der Waals surface area contributed by atoms with Gasteiger partial charge in [0.25, 0.3) is 0 Å². The smallest absolute Gasteiger partial charge is 0.319 e. The Hall–Kier alpha value is -1.14. The van der Waals surface area contributed by atoms with E-state index >= 15 is 0 Å². The normalized spacial score (nSPS) is 21.4. The van der Waals surface area contributed by atoms with Gasteiger partial charge in [-0.2, -0.15) is 0 Å². The number of carbonyl (C=O) groups is 2. The third-order valence-electron chi connectivity index (χ3n) is 3.29. The molecule has 0 saturated carbocycles. The van der Waals surface area contributed by atoms with Crippen molar-refractivity contribution in [3.05, 3.63) is 0 Å². The zero-order chi connectivity index (χ0) is 15.3. The molecule has 116 valence electrons. The number of carbonyl (C=O) groups excluding carboxylic acids is 2. The van der Waals surface area contributed by atoms with Crippen LogP contribution in [0.1, 0.15) is 27.7 Å². The van der Waals surface area contributed by atoms with E-state index in [0.717, 1.165) is 0 Å². The number of nitrogens with zero attached hydrogens (tertiary/aromatic N) is 1. The monoisotopic (exact) mass is 287 g/mol. The lowest BCUT2D eigenvalue weighted by molar-refractivity contribution is -0.164. The Morgan fingerprint density at radius 1 is 1.45 bits per heavy atom. The highest BCUT2D eigenvalue weighted by atomic mass is 16.5. The largest absolute Gasteiger partial charge is 0.465 e. The lowest BCUT2D eigenvalue weighted by atomic mass is 9.79. The first-order chi connectivity index (χ1) is 9.31. The number of hydrogen-bond donors (Lipinski definition) is 1. The fourth-order valence-corrected chi connectivity index (χ4v) is 2.26. The van der Waals surface area contributed by atoms with Crippen molar-refractivity contribution in [2.45, 2.75) is 33.8 Å². The fourth-order valence-electron chi connectivity index (χ4n) is 2.26. The summed E-state index contributed by atoms with van der Waals surface area (Å²) in [5.41, 5.74) is -0.518. The van der Waals surface area contributed by atoms with E-state index in [-0.39, 0.29) is 25.2 Å². The highest BCUT2D eigenvalue weighted by molar-refractivity contribution is 5.98. The summed E-state index contributed by atoms with van der Waals surface area (Å²) in [4.78, 5) is 26.3. The van der Waals surface area contributed by atoms with Crippen molar-refractivity contribution in [2.24, 2.45) is 11.3 Å². The molecule has 1 N–H and O–H groups in total. The van der Waals surface area contributed by atoms with Crippen molar-refractivity contribution in [3.8, 4) is 0 Å². The Morgan fingerprint density at radius 2 is 2.10 bits per heavy atom. The van der Waals surface area contributed by atoms with E-state index in [1.807, 2.05) is 20.8 Å². The van der Waals surface area contributed by atoms with Crippen molar-refractivity contribution < 1.29 is 24.2 Å². The molecule has 0 bridgehead atoms. The first-order valence-electron chi connectivity index (χ1n) is 6.99. The first kappa shape index (κ1) is 16.9. The van der Waals surface area contributed by atoms with Gasteiger partial charge in [-0.3, -0.25) is 9.59 Å². The quantitative estimate of drug-likeness (QED) is 0.599. The van der Waals surface area contributed by atoms with E-state index < -0.39 is 17.3 Å². The van der Waals surface area contributed by atoms with Crippen LogP contribution >= 0.6 is 0 Å². The summed E-state index contributed by atoms with van der Waals surface area (Å²) in [5.74, 6) is -1.57.